The van der Waals surface area contributed by atoms with Gasteiger partial charge in [-0.1, -0.05) is 43.0 Å². The molecule has 1 atom stereocenters. The van der Waals surface area contributed by atoms with E-state index in [1.165, 1.54) is 32.1 Å². The van der Waals surface area contributed by atoms with Crippen molar-refractivity contribution in [2.75, 3.05) is 26.2 Å². The van der Waals surface area contributed by atoms with E-state index in [0.717, 1.165) is 36.5 Å². The summed E-state index contributed by atoms with van der Waals surface area (Å²) in [7, 11) is 0. The largest absolute Gasteiger partial charge is 0.354 e. The highest BCUT2D eigenvalue weighted by atomic mass is 35.5. The molecule has 1 unspecified atom stereocenters. The number of hydrogen-bond donors (Lipinski definition) is 3. The molecule has 1 aromatic rings. The van der Waals surface area contributed by atoms with Gasteiger partial charge in [-0.3, -0.25) is 9.69 Å². The van der Waals surface area contributed by atoms with Gasteiger partial charge in [-0.25, -0.2) is 4.79 Å². The average Bonchev–Trinajstić information content (AvgIpc) is 3.27. The molecule has 1 aliphatic heterocycles. The summed E-state index contributed by atoms with van der Waals surface area (Å²) < 4.78 is 0. The van der Waals surface area contributed by atoms with Crippen LogP contribution in [0.3, 0.4) is 0 Å². The molecule has 0 radical (unpaired) electrons. The number of urea groups is 1. The third kappa shape index (κ3) is 7.47. The third-order valence-electron chi connectivity index (χ3n) is 6.11. The van der Waals surface area contributed by atoms with Gasteiger partial charge in [0.1, 0.15) is 0 Å². The molecule has 30 heavy (non-hydrogen) atoms. The fraction of sp³-hybridized carbons (Fsp3) is 0.652. The van der Waals surface area contributed by atoms with Crippen molar-refractivity contribution in [1.82, 2.24) is 20.9 Å². The molecular formula is C23H35ClN4O2. The maximum Gasteiger partial charge on any atom is 0.315 e. The van der Waals surface area contributed by atoms with E-state index in [4.69, 9.17) is 11.6 Å². The van der Waals surface area contributed by atoms with Gasteiger partial charge in [0, 0.05) is 30.6 Å². The second-order valence-electron chi connectivity index (χ2n) is 8.46. The Morgan fingerprint density at radius 3 is 2.57 bits per heavy atom. The molecule has 3 amide bonds. The van der Waals surface area contributed by atoms with Gasteiger partial charge in [0.05, 0.1) is 6.04 Å². The van der Waals surface area contributed by atoms with Crippen molar-refractivity contribution in [2.24, 2.45) is 0 Å². The molecule has 0 spiro atoms. The van der Waals surface area contributed by atoms with Gasteiger partial charge in [-0.2, -0.15) is 0 Å². The fourth-order valence-corrected chi connectivity index (χ4v) is 4.66. The predicted octanol–water partition coefficient (Wildman–Crippen LogP) is 4.01. The molecule has 1 aromatic carbocycles. The highest BCUT2D eigenvalue weighted by molar-refractivity contribution is 6.30. The summed E-state index contributed by atoms with van der Waals surface area (Å²) in [6, 6.07) is 8.25. The van der Waals surface area contributed by atoms with Gasteiger partial charge in [0.25, 0.3) is 0 Å². The smallest absolute Gasteiger partial charge is 0.315 e. The number of likely N-dealkylation sites (tertiary alicyclic amines) is 1. The number of amides is 3. The van der Waals surface area contributed by atoms with Crippen LogP contribution < -0.4 is 16.0 Å². The van der Waals surface area contributed by atoms with Crippen LogP contribution in [0.4, 0.5) is 4.79 Å². The van der Waals surface area contributed by atoms with Crippen LogP contribution in [0, 0.1) is 0 Å². The number of carbonyl (C=O) groups excluding carboxylic acids is 2. The number of benzene rings is 1. The fourth-order valence-electron chi connectivity index (χ4n) is 4.46. The molecule has 2 fully saturated rings. The Balaban J connectivity index is 1.36. The molecule has 1 aliphatic carbocycles. The summed E-state index contributed by atoms with van der Waals surface area (Å²) in [4.78, 5) is 26.7. The number of carbonyl (C=O) groups is 2. The van der Waals surface area contributed by atoms with Crippen molar-refractivity contribution in [2.45, 2.75) is 69.9 Å². The molecule has 3 rings (SSSR count). The first-order valence-electron chi connectivity index (χ1n) is 11.4. The lowest BCUT2D eigenvalue weighted by Crippen LogP contribution is -2.43. The molecule has 0 bridgehead atoms. The molecule has 1 saturated heterocycles. The molecule has 166 valence electrons. The van der Waals surface area contributed by atoms with Gasteiger partial charge in [0.2, 0.25) is 5.91 Å². The van der Waals surface area contributed by atoms with Crippen LogP contribution in [0.1, 0.15) is 69.4 Å². The lowest BCUT2D eigenvalue weighted by molar-refractivity contribution is -0.121. The Labute approximate surface area is 185 Å². The first-order valence-corrected chi connectivity index (χ1v) is 11.8. The standard InChI is InChI=1S/C23H35ClN4O2/c24-19-9-6-8-18(16-19)21(28-14-4-5-15-28)17-26-22(29)12-7-13-25-23(30)27-20-10-2-1-3-11-20/h6,8-9,16,20-21H,1-5,7,10-15,17H2,(H,26,29)(H2,25,27,30). The second-order valence-corrected chi connectivity index (χ2v) is 8.89. The normalized spacial score (nSPS) is 18.7. The van der Waals surface area contributed by atoms with E-state index in [1.54, 1.807) is 0 Å². The lowest BCUT2D eigenvalue weighted by atomic mass is 9.96. The Kier molecular flexibility index (Phi) is 9.27. The van der Waals surface area contributed by atoms with Gasteiger partial charge in [0.15, 0.2) is 0 Å². The maximum atomic E-state index is 12.3. The van der Waals surface area contributed by atoms with Crippen molar-refractivity contribution < 1.29 is 9.59 Å². The molecule has 7 heteroatoms. The topological polar surface area (TPSA) is 73.5 Å². The Morgan fingerprint density at radius 1 is 1.07 bits per heavy atom. The second kappa shape index (κ2) is 12.2. The summed E-state index contributed by atoms with van der Waals surface area (Å²) in [6.45, 7) is 3.19. The maximum absolute atomic E-state index is 12.3. The van der Waals surface area contributed by atoms with Crippen molar-refractivity contribution in [3.8, 4) is 0 Å². The molecule has 3 N–H and O–H groups in total. The first-order chi connectivity index (χ1) is 14.6. The zero-order chi connectivity index (χ0) is 21.2. The minimum atomic E-state index is -0.114. The van der Waals surface area contributed by atoms with Crippen LogP contribution in [0.15, 0.2) is 24.3 Å². The molecular weight excluding hydrogens is 400 g/mol. The molecule has 1 heterocycles. The molecule has 1 saturated carbocycles. The zero-order valence-electron chi connectivity index (χ0n) is 17.8. The SMILES string of the molecule is O=C(CCCNC(=O)NC1CCCCC1)NCC(c1cccc(Cl)c1)N1CCCC1. The minimum Gasteiger partial charge on any atom is -0.354 e. The van der Waals surface area contributed by atoms with Crippen LogP contribution in [-0.2, 0) is 4.79 Å². The van der Waals surface area contributed by atoms with E-state index in [0.29, 0.717) is 32.0 Å². The van der Waals surface area contributed by atoms with Crippen molar-refractivity contribution >= 4 is 23.5 Å². The van der Waals surface area contributed by atoms with Crippen molar-refractivity contribution in [3.05, 3.63) is 34.9 Å². The predicted molar refractivity (Wildman–Crippen MR) is 121 cm³/mol. The van der Waals surface area contributed by atoms with Crippen LogP contribution >= 0.6 is 11.6 Å². The number of halogens is 1. The Morgan fingerprint density at radius 2 is 1.83 bits per heavy atom. The summed E-state index contributed by atoms with van der Waals surface area (Å²) in [5.74, 6) is 0.0238. The van der Waals surface area contributed by atoms with E-state index in [-0.39, 0.29) is 18.0 Å². The number of hydrogen-bond acceptors (Lipinski definition) is 3. The van der Waals surface area contributed by atoms with Crippen LogP contribution in [-0.4, -0.2) is 49.1 Å². The molecule has 0 aromatic heterocycles. The highest BCUT2D eigenvalue weighted by Crippen LogP contribution is 2.26. The monoisotopic (exact) mass is 434 g/mol. The van der Waals surface area contributed by atoms with Crippen molar-refractivity contribution in [3.63, 3.8) is 0 Å². The quantitative estimate of drug-likeness (QED) is 0.514. The van der Waals surface area contributed by atoms with Crippen molar-refractivity contribution in [1.29, 1.82) is 0 Å². The summed E-state index contributed by atoms with van der Waals surface area (Å²) in [5, 5.41) is 9.71. The van der Waals surface area contributed by atoms with Gasteiger partial charge < -0.3 is 16.0 Å². The van der Waals surface area contributed by atoms with E-state index < -0.39 is 0 Å². The Bertz CT molecular complexity index is 688. The lowest BCUT2D eigenvalue weighted by Gasteiger charge is -2.28. The van der Waals surface area contributed by atoms with Crippen LogP contribution in [0.25, 0.3) is 0 Å². The van der Waals surface area contributed by atoms with Gasteiger partial charge >= 0.3 is 6.03 Å². The van der Waals surface area contributed by atoms with Crippen LogP contribution in [0.5, 0.6) is 0 Å². The van der Waals surface area contributed by atoms with Crippen LogP contribution in [0.2, 0.25) is 5.02 Å². The summed E-state index contributed by atoms with van der Waals surface area (Å²) in [5.41, 5.74) is 1.14. The van der Waals surface area contributed by atoms with Gasteiger partial charge in [-0.05, 0) is 62.9 Å². The summed E-state index contributed by atoms with van der Waals surface area (Å²) >= 11 is 6.18. The highest BCUT2D eigenvalue weighted by Gasteiger charge is 2.24. The molecule has 6 nitrogen and oxygen atoms in total. The number of nitrogens with zero attached hydrogens (tertiary/aromatic N) is 1. The van der Waals surface area contributed by atoms with E-state index >= 15 is 0 Å². The van der Waals surface area contributed by atoms with Gasteiger partial charge in [-0.15, -0.1) is 0 Å². The van der Waals surface area contributed by atoms with E-state index in [1.807, 2.05) is 18.2 Å². The minimum absolute atomic E-state index is 0.0238. The average molecular weight is 435 g/mol. The first kappa shape index (κ1) is 22.9. The zero-order valence-corrected chi connectivity index (χ0v) is 18.6. The van der Waals surface area contributed by atoms with E-state index in [9.17, 15) is 9.59 Å². The number of nitrogens with one attached hydrogen (secondary N) is 3. The number of rotatable bonds is 9. The van der Waals surface area contributed by atoms with E-state index in [2.05, 4.69) is 26.9 Å². The summed E-state index contributed by atoms with van der Waals surface area (Å²) in [6.07, 6.45) is 9.23. The molecule has 2 aliphatic rings. The Hall–Kier alpha value is -1.79. The third-order valence-corrected chi connectivity index (χ3v) is 6.35.